The zero-order valence-corrected chi connectivity index (χ0v) is 18.9. The molecule has 1 nitrogen and oxygen atoms in total. The van der Waals surface area contributed by atoms with E-state index >= 15 is 0 Å². The molecule has 1 aliphatic heterocycles. The van der Waals surface area contributed by atoms with Gasteiger partial charge in [0, 0.05) is 17.5 Å². The summed E-state index contributed by atoms with van der Waals surface area (Å²) in [6, 6.07) is 12.8. The van der Waals surface area contributed by atoms with Crippen LogP contribution in [-0.4, -0.2) is 0 Å². The Hall–Kier alpha value is -4.02. The average molecular weight is 416 g/mol. The second kappa shape index (κ2) is 10.8. The molecule has 0 bridgehead atoms. The van der Waals surface area contributed by atoms with Crippen molar-refractivity contribution >= 4 is 22.0 Å². The van der Waals surface area contributed by atoms with E-state index in [1.807, 2.05) is 37.4 Å². The van der Waals surface area contributed by atoms with Crippen LogP contribution in [0, 0.1) is 12.3 Å². The third-order valence-corrected chi connectivity index (χ3v) is 5.42. The molecule has 1 heteroatoms. The molecule has 0 amide bonds. The number of nitrogens with one attached hydrogen (secondary N) is 1. The van der Waals surface area contributed by atoms with E-state index in [1.54, 1.807) is 0 Å². The fraction of sp³-hybridized carbons (Fsp3) is 0.0968. The monoisotopic (exact) mass is 415 g/mol. The van der Waals surface area contributed by atoms with E-state index in [4.69, 9.17) is 6.42 Å². The number of hydrogen-bond donors (Lipinski definition) is 1. The van der Waals surface area contributed by atoms with Gasteiger partial charge in [-0.1, -0.05) is 86.2 Å². The van der Waals surface area contributed by atoms with Crippen LogP contribution >= 0.6 is 0 Å². The molecule has 1 N–H and O–H groups in total. The summed E-state index contributed by atoms with van der Waals surface area (Å²) in [7, 11) is 0. The van der Waals surface area contributed by atoms with Gasteiger partial charge in [-0.25, -0.2) is 0 Å². The average Bonchev–Trinajstić information content (AvgIpc) is 3.08. The van der Waals surface area contributed by atoms with Crippen molar-refractivity contribution in [3.8, 4) is 12.3 Å². The molecule has 0 spiro atoms. The number of rotatable bonds is 7. The molecule has 0 atom stereocenters. The normalized spacial score (nSPS) is 14.7. The van der Waals surface area contributed by atoms with Gasteiger partial charge in [-0.05, 0) is 76.8 Å². The molecule has 0 saturated heterocycles. The Kier molecular flexibility index (Phi) is 7.68. The summed E-state index contributed by atoms with van der Waals surface area (Å²) in [6.45, 7) is 11.8. The lowest BCUT2D eigenvalue weighted by molar-refractivity contribution is 1.14. The summed E-state index contributed by atoms with van der Waals surface area (Å²) in [4.78, 5) is 0. The number of allylic oxidation sites excluding steroid dienone is 12. The number of benzene rings is 2. The summed E-state index contributed by atoms with van der Waals surface area (Å²) in [6.07, 6.45) is 24.8. The molecule has 0 unspecified atom stereocenters. The maximum atomic E-state index is 5.85. The molecule has 0 fully saturated rings. The van der Waals surface area contributed by atoms with Crippen molar-refractivity contribution in [3.05, 3.63) is 132 Å². The van der Waals surface area contributed by atoms with Gasteiger partial charge in [0.2, 0.25) is 0 Å². The van der Waals surface area contributed by atoms with Crippen molar-refractivity contribution in [2.75, 3.05) is 0 Å². The van der Waals surface area contributed by atoms with Crippen LogP contribution in [0.1, 0.15) is 31.4 Å². The van der Waals surface area contributed by atoms with Crippen LogP contribution < -0.4 is 5.32 Å². The van der Waals surface area contributed by atoms with E-state index < -0.39 is 0 Å². The molecule has 2 aromatic carbocycles. The van der Waals surface area contributed by atoms with Gasteiger partial charge in [0.1, 0.15) is 0 Å². The zero-order valence-electron chi connectivity index (χ0n) is 18.9. The predicted octanol–water partition coefficient (Wildman–Crippen LogP) is 7.90. The molecule has 3 rings (SSSR count). The highest BCUT2D eigenvalue weighted by molar-refractivity contribution is 5.91. The Bertz CT molecular complexity index is 1260. The molecule has 32 heavy (non-hydrogen) atoms. The summed E-state index contributed by atoms with van der Waals surface area (Å²) in [5.74, 6) is 2.84. The lowest BCUT2D eigenvalue weighted by atomic mass is 9.98. The van der Waals surface area contributed by atoms with Crippen LogP contribution in [-0.2, 0) is 0 Å². The topological polar surface area (TPSA) is 12.0 Å². The fourth-order valence-corrected chi connectivity index (χ4v) is 3.44. The van der Waals surface area contributed by atoms with Crippen molar-refractivity contribution in [1.29, 1.82) is 0 Å². The SMILES string of the molecule is C#C\C(=C/C=C(/C=C(/C)C=C)CC)c1ccc2cc(C3=CC=C(C=C)C=CN3)ccc2c1. The number of hydrogen-bond acceptors (Lipinski definition) is 1. The quantitative estimate of drug-likeness (QED) is 0.358. The first kappa shape index (κ1) is 22.7. The number of terminal acetylenes is 1. The molecule has 0 aromatic heterocycles. The molecule has 1 aliphatic rings. The number of fused-ring (bicyclic) bond motifs is 1. The zero-order chi connectivity index (χ0) is 22.9. The van der Waals surface area contributed by atoms with Crippen molar-refractivity contribution in [2.45, 2.75) is 20.3 Å². The standard InChI is InChI=1S/C31H29N/c1-6-23(5)20-25(8-3)10-12-26(9-4)27-13-14-29-22-30(16-15-28(29)21-27)31-17-11-24(7-2)18-19-32-31/h4,6-7,10-22,32H,1-2,8H2,3,5H3/b23-20-,25-10+,26-12+. The van der Waals surface area contributed by atoms with Gasteiger partial charge in [0.05, 0.1) is 0 Å². The van der Waals surface area contributed by atoms with Gasteiger partial charge in [0.15, 0.2) is 0 Å². The van der Waals surface area contributed by atoms with Crippen LogP contribution in [0.3, 0.4) is 0 Å². The second-order valence-electron chi connectivity index (χ2n) is 7.62. The Balaban J connectivity index is 1.94. The highest BCUT2D eigenvalue weighted by Crippen LogP contribution is 2.25. The van der Waals surface area contributed by atoms with E-state index in [0.29, 0.717) is 0 Å². The van der Waals surface area contributed by atoms with Crippen molar-refractivity contribution in [3.63, 3.8) is 0 Å². The van der Waals surface area contributed by atoms with Crippen LogP contribution in [0.2, 0.25) is 0 Å². The van der Waals surface area contributed by atoms with Crippen LogP contribution in [0.4, 0.5) is 0 Å². The highest BCUT2D eigenvalue weighted by atomic mass is 14.8. The van der Waals surface area contributed by atoms with E-state index in [1.165, 1.54) is 11.0 Å². The smallest absolute Gasteiger partial charge is 0.0453 e. The van der Waals surface area contributed by atoms with E-state index in [2.05, 4.69) is 92.0 Å². The second-order valence-corrected chi connectivity index (χ2v) is 7.62. The molecular formula is C31H29N. The van der Waals surface area contributed by atoms with E-state index in [0.717, 1.165) is 45.4 Å². The predicted molar refractivity (Wildman–Crippen MR) is 142 cm³/mol. The van der Waals surface area contributed by atoms with E-state index in [-0.39, 0.29) is 0 Å². The van der Waals surface area contributed by atoms with Gasteiger partial charge in [0.25, 0.3) is 0 Å². The molecule has 1 heterocycles. The van der Waals surface area contributed by atoms with Crippen molar-refractivity contribution in [1.82, 2.24) is 5.32 Å². The molecular weight excluding hydrogens is 386 g/mol. The lowest BCUT2D eigenvalue weighted by Gasteiger charge is -2.09. The molecule has 0 aliphatic carbocycles. The van der Waals surface area contributed by atoms with Crippen LogP contribution in [0.5, 0.6) is 0 Å². The fourth-order valence-electron chi connectivity index (χ4n) is 3.44. The van der Waals surface area contributed by atoms with Crippen LogP contribution in [0.15, 0.2) is 121 Å². The third kappa shape index (κ3) is 5.56. The molecule has 0 radical (unpaired) electrons. The maximum absolute atomic E-state index is 5.85. The largest absolute Gasteiger partial charge is 0.361 e. The van der Waals surface area contributed by atoms with Gasteiger partial charge >= 0.3 is 0 Å². The Morgan fingerprint density at radius 3 is 2.56 bits per heavy atom. The molecule has 2 aromatic rings. The third-order valence-electron chi connectivity index (χ3n) is 5.42. The minimum Gasteiger partial charge on any atom is -0.361 e. The Morgan fingerprint density at radius 2 is 1.84 bits per heavy atom. The maximum Gasteiger partial charge on any atom is 0.0453 e. The molecule has 0 saturated carbocycles. The van der Waals surface area contributed by atoms with Crippen molar-refractivity contribution < 1.29 is 0 Å². The van der Waals surface area contributed by atoms with Crippen LogP contribution in [0.25, 0.3) is 22.0 Å². The first-order valence-electron chi connectivity index (χ1n) is 10.8. The summed E-state index contributed by atoms with van der Waals surface area (Å²) < 4.78 is 0. The minimum absolute atomic E-state index is 0.868. The Morgan fingerprint density at radius 1 is 1.06 bits per heavy atom. The first-order valence-corrected chi connectivity index (χ1v) is 10.8. The van der Waals surface area contributed by atoms with Crippen molar-refractivity contribution in [2.24, 2.45) is 0 Å². The summed E-state index contributed by atoms with van der Waals surface area (Å²) >= 11 is 0. The Labute approximate surface area is 192 Å². The lowest BCUT2D eigenvalue weighted by Crippen LogP contribution is -2.02. The van der Waals surface area contributed by atoms with Gasteiger partial charge in [-0.3, -0.25) is 0 Å². The van der Waals surface area contributed by atoms with Gasteiger partial charge in [-0.2, -0.15) is 0 Å². The first-order chi connectivity index (χ1) is 15.6. The summed E-state index contributed by atoms with van der Waals surface area (Å²) in [5, 5.41) is 5.67. The van der Waals surface area contributed by atoms with Gasteiger partial charge in [-0.15, -0.1) is 6.42 Å². The van der Waals surface area contributed by atoms with E-state index in [9.17, 15) is 0 Å². The highest BCUT2D eigenvalue weighted by Gasteiger charge is 2.05. The minimum atomic E-state index is 0.868. The van der Waals surface area contributed by atoms with Gasteiger partial charge < -0.3 is 5.32 Å². The summed E-state index contributed by atoms with van der Waals surface area (Å²) in [5.41, 5.74) is 7.51. The molecule has 158 valence electrons.